The van der Waals surface area contributed by atoms with Gasteiger partial charge in [0.2, 0.25) is 0 Å². The molecule has 4 heteroatoms. The van der Waals surface area contributed by atoms with E-state index in [1.54, 1.807) is 0 Å². The lowest BCUT2D eigenvalue weighted by atomic mass is 10.1. The minimum absolute atomic E-state index is 0.438. The number of hydrogen-bond acceptors (Lipinski definition) is 2. The maximum Gasteiger partial charge on any atom is 0.0762 e. The van der Waals surface area contributed by atoms with Gasteiger partial charge < -0.3 is 5.32 Å². The van der Waals surface area contributed by atoms with Crippen molar-refractivity contribution in [1.82, 2.24) is 15.1 Å². The quantitative estimate of drug-likeness (QED) is 0.573. The van der Waals surface area contributed by atoms with Crippen LogP contribution in [0.15, 0.2) is 12.3 Å². The third kappa shape index (κ3) is 5.55. The van der Waals surface area contributed by atoms with Gasteiger partial charge in [-0.2, -0.15) is 5.10 Å². The number of alkyl halides is 1. The van der Waals surface area contributed by atoms with Crippen LogP contribution in [-0.4, -0.2) is 22.2 Å². The maximum atomic E-state index is 5.76. The fourth-order valence-electron chi connectivity index (χ4n) is 1.63. The summed E-state index contributed by atoms with van der Waals surface area (Å²) in [6.45, 7) is 8.36. The van der Waals surface area contributed by atoms with Crippen LogP contribution in [0.5, 0.6) is 0 Å². The van der Waals surface area contributed by atoms with Gasteiger partial charge in [-0.15, -0.1) is 11.6 Å². The van der Waals surface area contributed by atoms with Gasteiger partial charge in [-0.1, -0.05) is 6.92 Å². The van der Waals surface area contributed by atoms with Crippen molar-refractivity contribution in [2.24, 2.45) is 5.92 Å². The average Bonchev–Trinajstić information content (AvgIpc) is 2.77. The van der Waals surface area contributed by atoms with Crippen LogP contribution >= 0.6 is 11.6 Å². The van der Waals surface area contributed by atoms with Gasteiger partial charge in [-0.05, 0) is 45.2 Å². The Labute approximate surface area is 110 Å². The number of hydrogen-bond donors (Lipinski definition) is 1. The molecule has 98 valence electrons. The van der Waals surface area contributed by atoms with Crippen molar-refractivity contribution in [2.45, 2.75) is 46.2 Å². The highest BCUT2D eigenvalue weighted by atomic mass is 35.5. The van der Waals surface area contributed by atoms with Crippen LogP contribution in [0.25, 0.3) is 0 Å². The Bertz CT molecular complexity index is 309. The summed E-state index contributed by atoms with van der Waals surface area (Å²) in [6, 6.07) is 2.52. The molecule has 0 spiro atoms. The Hall–Kier alpha value is -0.540. The molecule has 0 radical (unpaired) electrons. The van der Waals surface area contributed by atoms with E-state index in [1.165, 1.54) is 12.8 Å². The van der Waals surface area contributed by atoms with Crippen LogP contribution < -0.4 is 5.32 Å². The standard InChI is InChI=1S/C13H24ClN3/c1-11(2)17-8-6-13(16-17)10-15-7-4-5-12(3)9-14/h6,8,11-12,15H,4-5,7,9-10H2,1-3H3. The lowest BCUT2D eigenvalue weighted by Gasteiger charge is -2.07. The number of rotatable bonds is 8. The van der Waals surface area contributed by atoms with Crippen LogP contribution in [0.1, 0.15) is 45.3 Å². The summed E-state index contributed by atoms with van der Waals surface area (Å²) in [4.78, 5) is 0. The van der Waals surface area contributed by atoms with E-state index in [-0.39, 0.29) is 0 Å². The molecule has 0 fully saturated rings. The van der Waals surface area contributed by atoms with Crippen molar-refractivity contribution >= 4 is 11.6 Å². The van der Waals surface area contributed by atoms with E-state index >= 15 is 0 Å². The van der Waals surface area contributed by atoms with Crippen molar-refractivity contribution < 1.29 is 0 Å². The normalized spacial score (nSPS) is 13.2. The molecule has 0 aliphatic heterocycles. The molecule has 1 atom stereocenters. The lowest BCUT2D eigenvalue weighted by molar-refractivity contribution is 0.510. The van der Waals surface area contributed by atoms with Crippen molar-refractivity contribution in [1.29, 1.82) is 0 Å². The Morgan fingerprint density at radius 1 is 1.41 bits per heavy atom. The van der Waals surface area contributed by atoms with Crippen LogP contribution in [-0.2, 0) is 6.54 Å². The second kappa shape index (κ2) is 7.72. The summed E-state index contributed by atoms with van der Waals surface area (Å²) < 4.78 is 1.99. The molecule has 0 saturated carbocycles. The zero-order valence-corrected chi connectivity index (χ0v) is 11.9. The van der Waals surface area contributed by atoms with Crippen LogP contribution in [0.2, 0.25) is 0 Å². The van der Waals surface area contributed by atoms with E-state index in [0.717, 1.165) is 24.7 Å². The maximum absolute atomic E-state index is 5.76. The fourth-order valence-corrected chi connectivity index (χ4v) is 1.78. The number of aromatic nitrogens is 2. The molecule has 1 aromatic heterocycles. The molecule has 3 nitrogen and oxygen atoms in total. The largest absolute Gasteiger partial charge is 0.311 e. The molecule has 17 heavy (non-hydrogen) atoms. The number of halogens is 1. The summed E-state index contributed by atoms with van der Waals surface area (Å²) in [5.41, 5.74) is 1.11. The minimum atomic E-state index is 0.438. The van der Waals surface area contributed by atoms with Gasteiger partial charge >= 0.3 is 0 Å². The highest BCUT2D eigenvalue weighted by Crippen LogP contribution is 2.07. The molecule has 1 rings (SSSR count). The minimum Gasteiger partial charge on any atom is -0.311 e. The predicted octanol–water partition coefficient (Wildman–Crippen LogP) is 3.21. The molecule has 0 aliphatic rings. The van der Waals surface area contributed by atoms with Crippen LogP contribution in [0, 0.1) is 5.92 Å². The zero-order chi connectivity index (χ0) is 12.7. The van der Waals surface area contributed by atoms with Crippen molar-refractivity contribution in [2.75, 3.05) is 12.4 Å². The van der Waals surface area contributed by atoms with E-state index in [1.807, 2.05) is 10.9 Å². The summed E-state index contributed by atoms with van der Waals surface area (Å²) in [5.74, 6) is 1.39. The fraction of sp³-hybridized carbons (Fsp3) is 0.769. The monoisotopic (exact) mass is 257 g/mol. The van der Waals surface area contributed by atoms with E-state index in [9.17, 15) is 0 Å². The third-order valence-corrected chi connectivity index (χ3v) is 3.34. The highest BCUT2D eigenvalue weighted by Gasteiger charge is 2.02. The predicted molar refractivity (Wildman–Crippen MR) is 73.4 cm³/mol. The molecular weight excluding hydrogens is 234 g/mol. The number of nitrogens with zero attached hydrogens (tertiary/aromatic N) is 2. The SMILES string of the molecule is CC(CCl)CCCNCc1ccn(C(C)C)n1. The molecule has 1 heterocycles. The first-order valence-corrected chi connectivity index (χ1v) is 6.97. The molecule has 1 N–H and O–H groups in total. The van der Waals surface area contributed by atoms with Crippen molar-refractivity contribution in [3.8, 4) is 0 Å². The van der Waals surface area contributed by atoms with Crippen LogP contribution in [0.3, 0.4) is 0 Å². The molecule has 0 bridgehead atoms. The Kier molecular flexibility index (Phi) is 6.60. The van der Waals surface area contributed by atoms with Gasteiger partial charge in [-0.25, -0.2) is 0 Å². The van der Waals surface area contributed by atoms with E-state index in [2.05, 4.69) is 37.3 Å². The summed E-state index contributed by atoms with van der Waals surface area (Å²) in [6.07, 6.45) is 4.41. The van der Waals surface area contributed by atoms with Gasteiger partial charge in [0.15, 0.2) is 0 Å². The lowest BCUT2D eigenvalue weighted by Crippen LogP contribution is -2.16. The Balaban J connectivity index is 2.13. The Morgan fingerprint density at radius 2 is 2.18 bits per heavy atom. The van der Waals surface area contributed by atoms with Gasteiger partial charge in [0.1, 0.15) is 0 Å². The second-order valence-corrected chi connectivity index (χ2v) is 5.27. The molecule has 1 unspecified atom stereocenters. The Morgan fingerprint density at radius 3 is 2.76 bits per heavy atom. The summed E-state index contributed by atoms with van der Waals surface area (Å²) in [5, 5.41) is 7.91. The van der Waals surface area contributed by atoms with Crippen LogP contribution in [0.4, 0.5) is 0 Å². The zero-order valence-electron chi connectivity index (χ0n) is 11.1. The molecule has 0 aromatic carbocycles. The molecule has 1 aromatic rings. The van der Waals surface area contributed by atoms with Gasteiger partial charge in [-0.3, -0.25) is 4.68 Å². The second-order valence-electron chi connectivity index (χ2n) is 4.96. The molecule has 0 saturated heterocycles. The molecule has 0 amide bonds. The highest BCUT2D eigenvalue weighted by molar-refractivity contribution is 6.18. The van der Waals surface area contributed by atoms with E-state index in [4.69, 9.17) is 11.6 Å². The topological polar surface area (TPSA) is 29.9 Å². The van der Waals surface area contributed by atoms with Gasteiger partial charge in [0, 0.05) is 24.7 Å². The van der Waals surface area contributed by atoms with Gasteiger partial charge in [0.25, 0.3) is 0 Å². The number of nitrogens with one attached hydrogen (secondary N) is 1. The average molecular weight is 258 g/mol. The first kappa shape index (κ1) is 14.5. The first-order chi connectivity index (χ1) is 8.13. The smallest absolute Gasteiger partial charge is 0.0762 e. The van der Waals surface area contributed by atoms with Crippen molar-refractivity contribution in [3.05, 3.63) is 18.0 Å². The summed E-state index contributed by atoms with van der Waals surface area (Å²) >= 11 is 5.76. The van der Waals surface area contributed by atoms with Gasteiger partial charge in [0.05, 0.1) is 5.69 Å². The van der Waals surface area contributed by atoms with E-state index in [0.29, 0.717) is 12.0 Å². The van der Waals surface area contributed by atoms with Crippen molar-refractivity contribution in [3.63, 3.8) is 0 Å². The molecule has 0 aliphatic carbocycles. The summed E-state index contributed by atoms with van der Waals surface area (Å²) in [7, 11) is 0. The first-order valence-electron chi connectivity index (χ1n) is 6.44. The van der Waals surface area contributed by atoms with E-state index < -0.39 is 0 Å². The third-order valence-electron chi connectivity index (χ3n) is 2.81. The molecular formula is C13H24ClN3.